The number of carbonyl (C=O) groups is 4. The summed E-state index contributed by atoms with van der Waals surface area (Å²) in [7, 11) is -7.16. The van der Waals surface area contributed by atoms with E-state index in [9.17, 15) is 36.0 Å². The van der Waals surface area contributed by atoms with Crippen molar-refractivity contribution in [2.24, 2.45) is 0 Å². The Labute approximate surface area is 494 Å². The molecule has 0 radical (unpaired) electrons. The van der Waals surface area contributed by atoms with Gasteiger partial charge in [-0.25, -0.2) is 26.3 Å². The topological polar surface area (TPSA) is 215 Å². The van der Waals surface area contributed by atoms with Gasteiger partial charge >= 0.3 is 0 Å². The van der Waals surface area contributed by atoms with Crippen LogP contribution in [0, 0.1) is 6.92 Å². The van der Waals surface area contributed by atoms with Crippen LogP contribution in [0.4, 0.5) is 0 Å². The van der Waals surface area contributed by atoms with Crippen molar-refractivity contribution in [1.82, 2.24) is 40.5 Å². The van der Waals surface area contributed by atoms with Gasteiger partial charge in [-0.05, 0) is 117 Å². The second-order valence-corrected chi connectivity index (χ2v) is 25.4. The van der Waals surface area contributed by atoms with E-state index in [-0.39, 0.29) is 103 Å². The molecule has 7 rings (SSSR count). The molecule has 78 heavy (non-hydrogen) atoms. The first-order valence-electron chi connectivity index (χ1n) is 24.3. The first-order valence-corrected chi connectivity index (χ1v) is 30.7. The molecule has 6 N–H and O–H groups in total. The van der Waals surface area contributed by atoms with Gasteiger partial charge in [0.2, 0.25) is 31.9 Å². The lowest BCUT2D eigenvalue weighted by molar-refractivity contribution is -0.134. The van der Waals surface area contributed by atoms with Crippen molar-refractivity contribution in [2.75, 3.05) is 45.5 Å². The number of hydrogen-bond acceptors (Lipinski definition) is 10. The van der Waals surface area contributed by atoms with E-state index in [1.807, 2.05) is 6.92 Å². The summed E-state index contributed by atoms with van der Waals surface area (Å²) in [5.74, 6) is -1.05. The van der Waals surface area contributed by atoms with Gasteiger partial charge in [0, 0.05) is 95.7 Å². The van der Waals surface area contributed by atoms with Gasteiger partial charge in [-0.1, -0.05) is 123 Å². The number of nitrogens with zero attached hydrogens (tertiary/aromatic N) is 2. The normalized spacial score (nSPS) is 18.1. The lowest BCUT2D eigenvalue weighted by Gasteiger charge is -2.25. The van der Waals surface area contributed by atoms with Crippen LogP contribution in [0.2, 0.25) is 40.2 Å². The molecular formula is C52H56Cl8N8O8S2. The molecule has 5 aromatic rings. The SMILES string of the molecule is CS(=O)(=O)NCC[C@@H]1N[C@H](CNC(=O)c2ccc(Cl)c(Cl)c2)CCN(Cc2ccc(Cl)cc2Cl)C1=O.Cc1ccc(S(=O)(=O)NCC[C@@H]2N[C@H](CNC(=O)c3ccc(Cl)c(Cl)c3)CCN(Cc3ccc(Cl)cc3Cl)C2=O)cc1. The van der Waals surface area contributed by atoms with Gasteiger partial charge in [-0.2, -0.15) is 0 Å². The minimum Gasteiger partial charge on any atom is -0.350 e. The highest BCUT2D eigenvalue weighted by molar-refractivity contribution is 7.89. The Balaban J connectivity index is 0.000000255. The molecule has 5 aromatic carbocycles. The zero-order valence-electron chi connectivity index (χ0n) is 42.0. The molecule has 0 aliphatic carbocycles. The Hall–Kier alpha value is -3.96. The van der Waals surface area contributed by atoms with E-state index in [2.05, 4.69) is 30.7 Å². The lowest BCUT2D eigenvalue weighted by Crippen LogP contribution is -2.49. The summed E-state index contributed by atoms with van der Waals surface area (Å²) in [6.45, 7) is 3.79. The third-order valence-corrected chi connectivity index (χ3v) is 17.4. The monoisotopic (exact) mass is 1260 g/mol. The van der Waals surface area contributed by atoms with Crippen molar-refractivity contribution in [3.05, 3.63) is 165 Å². The maximum absolute atomic E-state index is 13.7. The van der Waals surface area contributed by atoms with E-state index in [1.54, 1.807) is 82.6 Å². The van der Waals surface area contributed by atoms with Crippen LogP contribution in [-0.2, 0) is 42.7 Å². The van der Waals surface area contributed by atoms with Crippen LogP contribution in [0.5, 0.6) is 0 Å². The average molecular weight is 1270 g/mol. The first-order chi connectivity index (χ1) is 36.8. The van der Waals surface area contributed by atoms with Crippen LogP contribution < -0.4 is 30.7 Å². The summed E-state index contributed by atoms with van der Waals surface area (Å²) in [4.78, 5) is 55.9. The molecule has 4 amide bonds. The minimum absolute atomic E-state index is 0.0253. The highest BCUT2D eigenvalue weighted by Gasteiger charge is 2.33. The second-order valence-electron chi connectivity index (χ2n) is 18.5. The third kappa shape index (κ3) is 19.1. The Kier molecular flexibility index (Phi) is 23.6. The van der Waals surface area contributed by atoms with Gasteiger partial charge in [-0.15, -0.1) is 0 Å². The molecule has 0 spiro atoms. The van der Waals surface area contributed by atoms with E-state index in [0.29, 0.717) is 67.2 Å². The number of nitrogens with one attached hydrogen (secondary N) is 6. The zero-order valence-corrected chi connectivity index (χ0v) is 49.7. The quantitative estimate of drug-likeness (QED) is 0.0461. The summed E-state index contributed by atoms with van der Waals surface area (Å²) in [5.41, 5.74) is 3.14. The maximum atomic E-state index is 13.7. The van der Waals surface area contributed by atoms with E-state index < -0.39 is 32.1 Å². The molecule has 4 atom stereocenters. The van der Waals surface area contributed by atoms with Gasteiger partial charge in [0.1, 0.15) is 0 Å². The number of hydrogen-bond donors (Lipinski definition) is 6. The Morgan fingerprint density at radius 3 is 1.37 bits per heavy atom. The second kappa shape index (κ2) is 29.1. The maximum Gasteiger partial charge on any atom is 0.251 e. The molecule has 2 aliphatic heterocycles. The van der Waals surface area contributed by atoms with Crippen molar-refractivity contribution in [2.45, 2.75) is 74.8 Å². The first kappa shape index (κ1) is 63.2. The zero-order chi connectivity index (χ0) is 56.9. The van der Waals surface area contributed by atoms with E-state index >= 15 is 0 Å². The number of carbonyl (C=O) groups excluding carboxylic acids is 4. The molecular weight excluding hydrogens is 1210 g/mol. The number of halogens is 8. The van der Waals surface area contributed by atoms with Crippen LogP contribution in [0.15, 0.2) is 102 Å². The number of sulfonamides is 2. The molecule has 0 unspecified atom stereocenters. The molecule has 420 valence electrons. The molecule has 16 nitrogen and oxygen atoms in total. The van der Waals surface area contributed by atoms with Crippen LogP contribution >= 0.6 is 92.8 Å². The summed E-state index contributed by atoms with van der Waals surface area (Å²) in [5, 5.41) is 15.5. The summed E-state index contributed by atoms with van der Waals surface area (Å²) < 4.78 is 53.6. The fourth-order valence-corrected chi connectivity index (χ4v) is 11.4. The predicted molar refractivity (Wildman–Crippen MR) is 310 cm³/mol. The predicted octanol–water partition coefficient (Wildman–Crippen LogP) is 9.19. The molecule has 0 bridgehead atoms. The molecule has 2 aliphatic rings. The molecule has 2 saturated heterocycles. The van der Waals surface area contributed by atoms with Crippen molar-refractivity contribution < 1.29 is 36.0 Å². The van der Waals surface area contributed by atoms with Gasteiger partial charge < -0.3 is 31.1 Å². The Bertz CT molecular complexity index is 3200. The van der Waals surface area contributed by atoms with Crippen molar-refractivity contribution >= 4 is 136 Å². The summed E-state index contributed by atoms with van der Waals surface area (Å²) in [6.07, 6.45) is 2.56. The smallest absolute Gasteiger partial charge is 0.251 e. The summed E-state index contributed by atoms with van der Waals surface area (Å²) in [6, 6.07) is 24.1. The Morgan fingerprint density at radius 2 is 0.974 bits per heavy atom. The highest BCUT2D eigenvalue weighted by atomic mass is 35.5. The molecule has 0 aromatic heterocycles. The Morgan fingerprint density at radius 1 is 0.551 bits per heavy atom. The van der Waals surface area contributed by atoms with Crippen molar-refractivity contribution in [1.29, 1.82) is 0 Å². The van der Waals surface area contributed by atoms with Crippen molar-refractivity contribution in [3.63, 3.8) is 0 Å². The molecule has 26 heteroatoms. The van der Waals surface area contributed by atoms with Gasteiger partial charge in [0.15, 0.2) is 0 Å². The third-order valence-electron chi connectivity index (χ3n) is 12.6. The van der Waals surface area contributed by atoms with Crippen LogP contribution in [0.25, 0.3) is 0 Å². The fourth-order valence-electron chi connectivity index (χ4n) is 8.36. The van der Waals surface area contributed by atoms with Crippen LogP contribution in [0.3, 0.4) is 0 Å². The van der Waals surface area contributed by atoms with Crippen molar-refractivity contribution in [3.8, 4) is 0 Å². The minimum atomic E-state index is -3.76. The van der Waals surface area contributed by atoms with Crippen LogP contribution in [0.1, 0.15) is 63.1 Å². The summed E-state index contributed by atoms with van der Waals surface area (Å²) >= 11 is 48.7. The fraction of sp³-hybridized carbons (Fsp3) is 0.346. The van der Waals surface area contributed by atoms with E-state index in [0.717, 1.165) is 22.9 Å². The van der Waals surface area contributed by atoms with Gasteiger partial charge in [0.05, 0.1) is 43.3 Å². The lowest BCUT2D eigenvalue weighted by atomic mass is 10.1. The average Bonchev–Trinajstić information content (AvgIpc) is 3.62. The number of amides is 4. The molecule has 2 fully saturated rings. The highest BCUT2D eigenvalue weighted by Crippen LogP contribution is 2.27. The molecule has 2 heterocycles. The van der Waals surface area contributed by atoms with Gasteiger partial charge in [-0.3, -0.25) is 19.2 Å². The van der Waals surface area contributed by atoms with E-state index in [4.69, 9.17) is 92.8 Å². The molecule has 0 saturated carbocycles. The van der Waals surface area contributed by atoms with Crippen LogP contribution in [-0.4, -0.2) is 120 Å². The number of aryl methyl sites for hydroxylation is 1. The van der Waals surface area contributed by atoms with Gasteiger partial charge in [0.25, 0.3) is 11.8 Å². The number of benzene rings is 5. The number of rotatable bonds is 19. The largest absolute Gasteiger partial charge is 0.350 e. The standard InChI is InChI=1S/C29H30Cl4N4O4S.C23H26Cl4N4O4S/c1-18-2-7-23(8-3-18)42(40,41)35-12-10-27-29(39)37(17-20-4-6-21(30)15-25(20)32)13-11-22(36-27)16-34-28(38)19-5-9-24(31)26(33)14-19;1-36(34,35)29-8-6-21-23(33)31(13-15-2-4-16(24)11-19(15)26)9-7-17(30-21)12-28-22(32)14-3-5-18(25)20(27)10-14/h2-9,14-15,22,27,35-36H,10-13,16-17H2,1H3,(H,34,38);2-5,10-11,17,21,29-30H,6-9,12-13H2,1H3,(H,28,32)/t22-,27-;17-,21-/m00/s1. The van der Waals surface area contributed by atoms with E-state index in [1.165, 1.54) is 24.3 Å².